The van der Waals surface area contributed by atoms with Crippen LogP contribution in [0.25, 0.3) is 0 Å². The zero-order valence-electron chi connectivity index (χ0n) is 10.1. The smallest absolute Gasteiger partial charge is 0.409 e. The summed E-state index contributed by atoms with van der Waals surface area (Å²) in [5.41, 5.74) is 0. The molecule has 0 aromatic rings. The molecule has 5 nitrogen and oxygen atoms in total. The summed E-state index contributed by atoms with van der Waals surface area (Å²) < 4.78 is 10.0. The van der Waals surface area contributed by atoms with Crippen molar-refractivity contribution in [2.24, 2.45) is 0 Å². The highest BCUT2D eigenvalue weighted by atomic mass is 16.5. The van der Waals surface area contributed by atoms with E-state index in [4.69, 9.17) is 9.47 Å². The number of ether oxygens (including phenoxy) is 2. The molecule has 16 heavy (non-hydrogen) atoms. The largest absolute Gasteiger partial charge is 0.453 e. The molecule has 0 unspecified atom stereocenters. The maximum atomic E-state index is 11.6. The summed E-state index contributed by atoms with van der Waals surface area (Å²) in [7, 11) is 2.96. The van der Waals surface area contributed by atoms with Crippen LogP contribution in [-0.4, -0.2) is 49.7 Å². The fraction of sp³-hybridized carbons (Fsp3) is 0.818. The van der Waals surface area contributed by atoms with Gasteiger partial charge in [0.2, 0.25) is 0 Å². The maximum absolute atomic E-state index is 11.6. The third kappa shape index (κ3) is 2.95. The van der Waals surface area contributed by atoms with Gasteiger partial charge in [0, 0.05) is 20.1 Å². The van der Waals surface area contributed by atoms with E-state index in [0.29, 0.717) is 13.0 Å². The summed E-state index contributed by atoms with van der Waals surface area (Å²) >= 11 is 0. The number of nitrogens with zero attached hydrogens (tertiary/aromatic N) is 1. The Hall–Kier alpha value is -1.10. The van der Waals surface area contributed by atoms with Gasteiger partial charge in [-0.05, 0) is 19.8 Å². The number of carbonyl (C=O) groups is 2. The molecule has 0 spiro atoms. The van der Waals surface area contributed by atoms with Crippen LogP contribution in [0.1, 0.15) is 26.2 Å². The number of hydrogen-bond donors (Lipinski definition) is 0. The van der Waals surface area contributed by atoms with E-state index in [2.05, 4.69) is 0 Å². The molecule has 0 saturated carbocycles. The highest BCUT2D eigenvalue weighted by Gasteiger charge is 2.35. The van der Waals surface area contributed by atoms with Crippen LogP contribution >= 0.6 is 0 Å². The number of carbonyl (C=O) groups excluding carboxylic acids is 2. The minimum Gasteiger partial charge on any atom is -0.453 e. The normalized spacial score (nSPS) is 25.3. The molecule has 1 aliphatic rings. The van der Waals surface area contributed by atoms with Crippen molar-refractivity contribution >= 4 is 11.9 Å². The van der Waals surface area contributed by atoms with E-state index in [9.17, 15) is 9.59 Å². The van der Waals surface area contributed by atoms with Gasteiger partial charge in [0.1, 0.15) is 5.78 Å². The molecule has 1 saturated heterocycles. The van der Waals surface area contributed by atoms with Gasteiger partial charge < -0.3 is 14.4 Å². The van der Waals surface area contributed by atoms with Gasteiger partial charge in [-0.1, -0.05) is 0 Å². The average Bonchev–Trinajstić information content (AvgIpc) is 2.27. The number of amides is 1. The molecule has 0 aromatic carbocycles. The molecule has 5 heteroatoms. The fourth-order valence-electron chi connectivity index (χ4n) is 2.18. The third-order valence-corrected chi connectivity index (χ3v) is 2.93. The lowest BCUT2D eigenvalue weighted by atomic mass is 9.95. The topological polar surface area (TPSA) is 55.8 Å². The van der Waals surface area contributed by atoms with Crippen LogP contribution in [0.15, 0.2) is 0 Å². The van der Waals surface area contributed by atoms with Gasteiger partial charge in [-0.2, -0.15) is 0 Å². The molecule has 0 radical (unpaired) electrons. The van der Waals surface area contributed by atoms with Crippen molar-refractivity contribution in [1.82, 2.24) is 4.90 Å². The van der Waals surface area contributed by atoms with E-state index in [1.165, 1.54) is 14.0 Å². The molecular formula is C11H19NO4. The SMILES string of the molecule is COC(=O)N1CCC[C@@H](OC)[C@@H]1CC(C)=O. The molecule has 92 valence electrons. The minimum atomic E-state index is -0.381. The summed E-state index contributed by atoms with van der Waals surface area (Å²) in [6.07, 6.45) is 1.63. The van der Waals surface area contributed by atoms with Crippen LogP contribution in [0.3, 0.4) is 0 Å². The van der Waals surface area contributed by atoms with E-state index in [1.807, 2.05) is 0 Å². The first-order valence-electron chi connectivity index (χ1n) is 5.47. The lowest BCUT2D eigenvalue weighted by molar-refractivity contribution is -0.120. The molecule has 0 aromatic heterocycles. The van der Waals surface area contributed by atoms with Gasteiger partial charge in [0.05, 0.1) is 19.3 Å². The highest BCUT2D eigenvalue weighted by molar-refractivity contribution is 5.77. The molecule has 0 N–H and O–H groups in total. The summed E-state index contributed by atoms with van der Waals surface area (Å²) in [5, 5.41) is 0. The number of likely N-dealkylation sites (tertiary alicyclic amines) is 1. The number of Topliss-reactive ketones (excluding diaryl/α,β-unsaturated/α-hetero) is 1. The summed E-state index contributed by atoms with van der Waals surface area (Å²) in [6, 6.07) is -0.191. The molecule has 0 aliphatic carbocycles. The van der Waals surface area contributed by atoms with Crippen molar-refractivity contribution in [3.05, 3.63) is 0 Å². The predicted molar refractivity (Wildman–Crippen MR) is 58.2 cm³/mol. The molecule has 1 heterocycles. The Morgan fingerprint density at radius 2 is 2.06 bits per heavy atom. The van der Waals surface area contributed by atoms with Gasteiger partial charge in [0.15, 0.2) is 0 Å². The molecule has 1 amide bonds. The van der Waals surface area contributed by atoms with E-state index in [1.54, 1.807) is 12.0 Å². The van der Waals surface area contributed by atoms with Gasteiger partial charge >= 0.3 is 6.09 Å². The first-order valence-corrected chi connectivity index (χ1v) is 5.47. The Balaban J connectivity index is 2.78. The lowest BCUT2D eigenvalue weighted by Gasteiger charge is -2.39. The summed E-state index contributed by atoms with van der Waals surface area (Å²) in [5.74, 6) is 0.0582. The predicted octanol–water partition coefficient (Wildman–Crippen LogP) is 1.21. The standard InChI is InChI=1S/C11H19NO4/c1-8(13)7-9-10(15-2)5-4-6-12(9)11(14)16-3/h9-10H,4-7H2,1-3H3/t9-,10+/m0/s1. The Morgan fingerprint density at radius 1 is 1.38 bits per heavy atom. The van der Waals surface area contributed by atoms with Crippen molar-refractivity contribution in [2.45, 2.75) is 38.3 Å². The Morgan fingerprint density at radius 3 is 2.56 bits per heavy atom. The molecule has 1 rings (SSSR count). The first kappa shape index (κ1) is 13.0. The lowest BCUT2D eigenvalue weighted by Crippen LogP contribution is -2.52. The monoisotopic (exact) mass is 229 g/mol. The maximum Gasteiger partial charge on any atom is 0.409 e. The van der Waals surface area contributed by atoms with Crippen LogP contribution in [0.5, 0.6) is 0 Å². The summed E-state index contributed by atoms with van der Waals surface area (Å²) in [4.78, 5) is 24.3. The van der Waals surface area contributed by atoms with Crippen LogP contribution in [0, 0.1) is 0 Å². The summed E-state index contributed by atoms with van der Waals surface area (Å²) in [6.45, 7) is 2.15. The van der Waals surface area contributed by atoms with Gasteiger partial charge in [-0.25, -0.2) is 4.79 Å². The molecular weight excluding hydrogens is 210 g/mol. The van der Waals surface area contributed by atoms with E-state index in [0.717, 1.165) is 12.8 Å². The fourth-order valence-corrected chi connectivity index (χ4v) is 2.18. The van der Waals surface area contributed by atoms with Crippen molar-refractivity contribution < 1.29 is 19.1 Å². The average molecular weight is 229 g/mol. The van der Waals surface area contributed by atoms with Crippen molar-refractivity contribution in [1.29, 1.82) is 0 Å². The van der Waals surface area contributed by atoms with E-state index < -0.39 is 0 Å². The number of ketones is 1. The van der Waals surface area contributed by atoms with E-state index >= 15 is 0 Å². The second kappa shape index (κ2) is 5.84. The second-order valence-corrected chi connectivity index (χ2v) is 4.05. The van der Waals surface area contributed by atoms with Gasteiger partial charge in [-0.3, -0.25) is 4.79 Å². The number of rotatable bonds is 3. The van der Waals surface area contributed by atoms with Crippen LogP contribution in [0.2, 0.25) is 0 Å². The molecule has 0 bridgehead atoms. The second-order valence-electron chi connectivity index (χ2n) is 4.05. The molecule has 2 atom stereocenters. The Bertz CT molecular complexity index is 267. The van der Waals surface area contributed by atoms with E-state index in [-0.39, 0.29) is 24.0 Å². The molecule has 1 aliphatic heterocycles. The Labute approximate surface area is 95.7 Å². The third-order valence-electron chi connectivity index (χ3n) is 2.93. The quantitative estimate of drug-likeness (QED) is 0.730. The molecule has 1 fully saturated rings. The van der Waals surface area contributed by atoms with Crippen LogP contribution in [-0.2, 0) is 14.3 Å². The zero-order chi connectivity index (χ0) is 12.1. The van der Waals surface area contributed by atoms with Gasteiger partial charge in [0.25, 0.3) is 0 Å². The number of methoxy groups -OCH3 is 2. The highest BCUT2D eigenvalue weighted by Crippen LogP contribution is 2.23. The van der Waals surface area contributed by atoms with Gasteiger partial charge in [-0.15, -0.1) is 0 Å². The minimum absolute atomic E-state index is 0.0582. The number of hydrogen-bond acceptors (Lipinski definition) is 4. The zero-order valence-corrected chi connectivity index (χ0v) is 10.1. The van der Waals surface area contributed by atoms with Crippen molar-refractivity contribution in [3.8, 4) is 0 Å². The van der Waals surface area contributed by atoms with Crippen LogP contribution < -0.4 is 0 Å². The van der Waals surface area contributed by atoms with Crippen LogP contribution in [0.4, 0.5) is 4.79 Å². The Kier molecular flexibility index (Phi) is 4.73. The first-order chi connectivity index (χ1) is 7.60. The van der Waals surface area contributed by atoms with Crippen molar-refractivity contribution in [3.63, 3.8) is 0 Å². The number of piperidine rings is 1. The van der Waals surface area contributed by atoms with Crippen molar-refractivity contribution in [2.75, 3.05) is 20.8 Å².